The zero-order chi connectivity index (χ0) is 7.33. The Balaban J connectivity index is 0. The van der Waals surface area contributed by atoms with Crippen LogP contribution in [0, 0.1) is 35.6 Å². The molecule has 5 heteroatoms. The van der Waals surface area contributed by atoms with Crippen LogP contribution in [-0.4, -0.2) is 39.0 Å². The summed E-state index contributed by atoms with van der Waals surface area (Å²) < 4.78 is 14.1. The van der Waals surface area contributed by atoms with Crippen LogP contribution in [0.1, 0.15) is 0 Å². The van der Waals surface area contributed by atoms with Gasteiger partial charge in [-0.25, -0.2) is 0 Å². The first-order chi connectivity index (χ1) is 4.24. The molecule has 1 radical (unpaired) electrons. The van der Waals surface area contributed by atoms with E-state index >= 15 is 0 Å². The molecule has 0 aromatic rings. The fourth-order valence-corrected chi connectivity index (χ4v) is 0.444. The van der Waals surface area contributed by atoms with Crippen molar-refractivity contribution in [1.29, 1.82) is 0 Å². The molecule has 1 N–H and O–H groups in total. The van der Waals surface area contributed by atoms with Crippen LogP contribution < -0.4 is 0 Å². The van der Waals surface area contributed by atoms with Gasteiger partial charge in [0.2, 0.25) is 0 Å². The van der Waals surface area contributed by atoms with Gasteiger partial charge >= 0.3 is 5.97 Å². The van der Waals surface area contributed by atoms with Gasteiger partial charge in [0.25, 0.3) is 0 Å². The number of ether oxygens (including phenoxy) is 3. The van der Waals surface area contributed by atoms with Gasteiger partial charge in [-0.15, -0.1) is 0 Å². The van der Waals surface area contributed by atoms with Gasteiger partial charge in [-0.2, -0.15) is 0 Å². The monoisotopic (exact) mass is 275 g/mol. The van der Waals surface area contributed by atoms with Gasteiger partial charge in [-0.1, -0.05) is 0 Å². The van der Waals surface area contributed by atoms with E-state index in [1.54, 1.807) is 0 Å². The van der Waals surface area contributed by atoms with Crippen LogP contribution >= 0.6 is 0 Å². The minimum absolute atomic E-state index is 0. The van der Waals surface area contributed by atoms with Crippen LogP contribution in [0.5, 0.6) is 0 Å². The summed E-state index contributed by atoms with van der Waals surface area (Å²) in [6, 6.07) is 0. The third-order valence-electron chi connectivity index (χ3n) is 1.13. The van der Waals surface area contributed by atoms with E-state index in [1.165, 1.54) is 21.3 Å². The van der Waals surface area contributed by atoms with E-state index < -0.39 is 5.97 Å². The second-order valence-electron chi connectivity index (χ2n) is 1.45. The summed E-state index contributed by atoms with van der Waals surface area (Å²) in [6.45, 7) is -0.323. The Bertz CT molecular complexity index is 56.5. The number of hydrogen-bond acceptors (Lipinski definition) is 4. The van der Waals surface area contributed by atoms with E-state index in [0.717, 1.165) is 0 Å². The van der Waals surface area contributed by atoms with Gasteiger partial charge < -0.3 is 19.3 Å². The van der Waals surface area contributed by atoms with E-state index in [9.17, 15) is 0 Å². The number of methoxy groups -OCH3 is 3. The van der Waals surface area contributed by atoms with Crippen molar-refractivity contribution in [2.24, 2.45) is 0 Å². The van der Waals surface area contributed by atoms with Crippen LogP contribution in [-0.2, 0) is 14.2 Å². The molecule has 0 saturated heterocycles. The molecule has 0 aromatic carbocycles. The molecule has 0 bridgehead atoms. The summed E-state index contributed by atoms with van der Waals surface area (Å²) in [7, 11) is 4.18. The molecular weight excluding hydrogens is 263 g/mol. The van der Waals surface area contributed by atoms with Crippen molar-refractivity contribution in [2.45, 2.75) is 5.97 Å². The fourth-order valence-electron chi connectivity index (χ4n) is 0.444. The van der Waals surface area contributed by atoms with Crippen molar-refractivity contribution >= 4 is 0 Å². The molecule has 0 fully saturated rings. The van der Waals surface area contributed by atoms with Gasteiger partial charge in [-0.3, -0.25) is 0 Å². The zero-order valence-corrected chi connectivity index (χ0v) is 10.1. The standard InChI is InChI=1S/C5H12O4.La/c1-7-5(4-6,8-2)9-3;/h6H,4H2,1-3H3;. The van der Waals surface area contributed by atoms with Crippen molar-refractivity contribution in [3.63, 3.8) is 0 Å². The largest absolute Gasteiger partial charge is 0.388 e. The SMILES string of the molecule is COC(CO)(OC)OC.[La]. The smallest absolute Gasteiger partial charge is 0.306 e. The molecule has 0 aliphatic carbocycles. The quantitative estimate of drug-likeness (QED) is 0.707. The number of hydrogen-bond donors (Lipinski definition) is 1. The molecule has 0 unspecified atom stereocenters. The first-order valence-corrected chi connectivity index (χ1v) is 2.51. The molecule has 4 nitrogen and oxygen atoms in total. The summed E-state index contributed by atoms with van der Waals surface area (Å²) in [5, 5.41) is 8.60. The van der Waals surface area contributed by atoms with Crippen LogP contribution in [0.15, 0.2) is 0 Å². The van der Waals surface area contributed by atoms with Crippen molar-refractivity contribution in [3.8, 4) is 0 Å². The Morgan fingerprint density at radius 2 is 1.40 bits per heavy atom. The maximum atomic E-state index is 8.60. The summed E-state index contributed by atoms with van der Waals surface area (Å²) in [5.74, 6) is -1.28. The Hall–Kier alpha value is 1.03. The normalized spacial score (nSPS) is 10.8. The van der Waals surface area contributed by atoms with Crippen molar-refractivity contribution < 1.29 is 54.9 Å². The van der Waals surface area contributed by atoms with Gasteiger partial charge in [-0.05, 0) is 0 Å². The average Bonchev–Trinajstić information content (AvgIpc) is 1.95. The molecule has 10 heavy (non-hydrogen) atoms. The first kappa shape index (κ1) is 13.6. The third kappa shape index (κ3) is 3.43. The number of aliphatic hydroxyl groups is 1. The third-order valence-corrected chi connectivity index (χ3v) is 1.13. The van der Waals surface area contributed by atoms with Gasteiger partial charge in [0.1, 0.15) is 6.61 Å². The molecule has 0 spiro atoms. The Morgan fingerprint density at radius 3 is 1.40 bits per heavy atom. The Morgan fingerprint density at radius 1 is 1.10 bits per heavy atom. The van der Waals surface area contributed by atoms with E-state index in [-0.39, 0.29) is 42.2 Å². The summed E-state index contributed by atoms with van der Waals surface area (Å²) >= 11 is 0. The maximum Gasteiger partial charge on any atom is 0.306 e. The minimum atomic E-state index is -1.28. The predicted octanol–water partition coefficient (Wildman–Crippen LogP) is -0.428. The minimum Gasteiger partial charge on any atom is -0.388 e. The van der Waals surface area contributed by atoms with Crippen LogP contribution in [0.2, 0.25) is 0 Å². The molecule has 0 rings (SSSR count). The van der Waals surface area contributed by atoms with Gasteiger partial charge in [0, 0.05) is 56.9 Å². The Kier molecular flexibility index (Phi) is 9.16. The summed E-state index contributed by atoms with van der Waals surface area (Å²) in [5.41, 5.74) is 0. The molecule has 0 aliphatic heterocycles. The molecule has 0 aliphatic rings. The van der Waals surface area contributed by atoms with E-state index in [1.807, 2.05) is 0 Å². The van der Waals surface area contributed by atoms with E-state index in [0.29, 0.717) is 0 Å². The average molecular weight is 275 g/mol. The molecular formula is C5H12LaO4. The van der Waals surface area contributed by atoms with Gasteiger partial charge in [0.15, 0.2) is 0 Å². The van der Waals surface area contributed by atoms with Crippen molar-refractivity contribution in [3.05, 3.63) is 0 Å². The second kappa shape index (κ2) is 6.73. The van der Waals surface area contributed by atoms with Crippen LogP contribution in [0.3, 0.4) is 0 Å². The molecule has 0 saturated carbocycles. The fraction of sp³-hybridized carbons (Fsp3) is 1.00. The van der Waals surface area contributed by atoms with Gasteiger partial charge in [0.05, 0.1) is 0 Å². The molecule has 0 heterocycles. The summed E-state index contributed by atoms with van der Waals surface area (Å²) in [6.07, 6.45) is 0. The number of rotatable bonds is 4. The zero-order valence-electron chi connectivity index (χ0n) is 6.46. The van der Waals surface area contributed by atoms with E-state index in [4.69, 9.17) is 19.3 Å². The molecule has 0 atom stereocenters. The molecule has 0 amide bonds. The summed E-state index contributed by atoms with van der Waals surface area (Å²) in [4.78, 5) is 0. The van der Waals surface area contributed by atoms with Crippen molar-refractivity contribution in [1.82, 2.24) is 0 Å². The van der Waals surface area contributed by atoms with E-state index in [2.05, 4.69) is 0 Å². The maximum absolute atomic E-state index is 8.60. The number of aliphatic hydroxyl groups excluding tert-OH is 1. The predicted molar refractivity (Wildman–Crippen MR) is 30.8 cm³/mol. The van der Waals surface area contributed by atoms with Crippen LogP contribution in [0.4, 0.5) is 0 Å². The second-order valence-corrected chi connectivity index (χ2v) is 1.45. The Labute approximate surface area is 88.4 Å². The molecule has 59 valence electrons. The topological polar surface area (TPSA) is 47.9 Å². The van der Waals surface area contributed by atoms with Crippen molar-refractivity contribution in [2.75, 3.05) is 27.9 Å². The first-order valence-electron chi connectivity index (χ1n) is 2.51. The molecule has 0 aromatic heterocycles. The van der Waals surface area contributed by atoms with Crippen LogP contribution in [0.25, 0.3) is 0 Å².